The standard InChI is InChI=1S/C14H13ClIN/c1-17-14(10-5-3-2-4-6-10)11-7-8-13(16)12(15)9-11/h2-9,14,17H,1H3. The average molecular weight is 358 g/mol. The molecule has 0 fully saturated rings. The van der Waals surface area contributed by atoms with Gasteiger partial charge in [0.25, 0.3) is 0 Å². The fourth-order valence-electron chi connectivity index (χ4n) is 1.86. The summed E-state index contributed by atoms with van der Waals surface area (Å²) in [5, 5.41) is 4.13. The van der Waals surface area contributed by atoms with Crippen LogP contribution in [0, 0.1) is 3.57 Å². The largest absolute Gasteiger partial charge is 0.309 e. The van der Waals surface area contributed by atoms with Gasteiger partial charge in [0.1, 0.15) is 0 Å². The summed E-state index contributed by atoms with van der Waals surface area (Å²) in [5.74, 6) is 0. The SMILES string of the molecule is CNC(c1ccccc1)c1ccc(I)c(Cl)c1. The van der Waals surface area contributed by atoms with Crippen LogP contribution in [0.5, 0.6) is 0 Å². The summed E-state index contributed by atoms with van der Waals surface area (Å²) in [6, 6.07) is 16.7. The van der Waals surface area contributed by atoms with Crippen LogP contribution in [-0.4, -0.2) is 7.05 Å². The van der Waals surface area contributed by atoms with Crippen LogP contribution < -0.4 is 5.32 Å². The maximum Gasteiger partial charge on any atom is 0.0574 e. The topological polar surface area (TPSA) is 12.0 Å². The lowest BCUT2D eigenvalue weighted by Crippen LogP contribution is -2.17. The highest BCUT2D eigenvalue weighted by molar-refractivity contribution is 14.1. The first-order chi connectivity index (χ1) is 8.22. The van der Waals surface area contributed by atoms with Gasteiger partial charge >= 0.3 is 0 Å². The molecule has 2 aromatic rings. The van der Waals surface area contributed by atoms with E-state index in [4.69, 9.17) is 11.6 Å². The molecule has 0 aliphatic carbocycles. The molecule has 1 atom stereocenters. The lowest BCUT2D eigenvalue weighted by Gasteiger charge is -2.17. The zero-order valence-corrected chi connectivity index (χ0v) is 12.4. The molecule has 0 bridgehead atoms. The Hall–Kier alpha value is -0.580. The molecule has 0 amide bonds. The van der Waals surface area contributed by atoms with Crippen LogP contribution >= 0.6 is 34.2 Å². The van der Waals surface area contributed by atoms with Crippen LogP contribution in [0.2, 0.25) is 5.02 Å². The average Bonchev–Trinajstić information content (AvgIpc) is 2.36. The third-order valence-electron chi connectivity index (χ3n) is 2.70. The molecule has 1 nitrogen and oxygen atoms in total. The predicted octanol–water partition coefficient (Wildman–Crippen LogP) is 4.25. The number of benzene rings is 2. The van der Waals surface area contributed by atoms with Gasteiger partial charge in [0.05, 0.1) is 11.1 Å². The summed E-state index contributed by atoms with van der Waals surface area (Å²) in [7, 11) is 1.96. The molecule has 88 valence electrons. The van der Waals surface area contributed by atoms with Crippen molar-refractivity contribution in [2.24, 2.45) is 0 Å². The molecule has 0 aliphatic heterocycles. The summed E-state index contributed by atoms with van der Waals surface area (Å²) < 4.78 is 1.08. The first-order valence-corrected chi connectivity index (χ1v) is 6.85. The highest BCUT2D eigenvalue weighted by Gasteiger charge is 2.12. The van der Waals surface area contributed by atoms with E-state index in [0.29, 0.717) is 0 Å². The zero-order valence-electron chi connectivity index (χ0n) is 9.45. The quantitative estimate of drug-likeness (QED) is 0.810. The minimum Gasteiger partial charge on any atom is -0.309 e. The van der Waals surface area contributed by atoms with Gasteiger partial charge in [-0.3, -0.25) is 0 Å². The molecule has 0 spiro atoms. The van der Waals surface area contributed by atoms with Gasteiger partial charge < -0.3 is 5.32 Å². The van der Waals surface area contributed by atoms with E-state index in [9.17, 15) is 0 Å². The Morgan fingerprint density at radius 2 is 1.76 bits per heavy atom. The Morgan fingerprint density at radius 1 is 1.06 bits per heavy atom. The Balaban J connectivity index is 2.39. The van der Waals surface area contributed by atoms with Crippen LogP contribution in [0.25, 0.3) is 0 Å². The number of hydrogen-bond donors (Lipinski definition) is 1. The highest BCUT2D eigenvalue weighted by Crippen LogP contribution is 2.26. The second-order valence-electron chi connectivity index (χ2n) is 3.81. The molecule has 17 heavy (non-hydrogen) atoms. The van der Waals surface area contributed by atoms with E-state index in [1.54, 1.807) is 0 Å². The third kappa shape index (κ3) is 3.00. The van der Waals surface area contributed by atoms with Crippen LogP contribution in [0.3, 0.4) is 0 Å². The lowest BCUT2D eigenvalue weighted by atomic mass is 9.99. The van der Waals surface area contributed by atoms with Crippen molar-refractivity contribution in [3.8, 4) is 0 Å². The van der Waals surface area contributed by atoms with E-state index in [1.165, 1.54) is 11.1 Å². The molecule has 0 radical (unpaired) electrons. The van der Waals surface area contributed by atoms with Crippen molar-refractivity contribution in [3.05, 3.63) is 68.3 Å². The molecule has 0 saturated heterocycles. The zero-order chi connectivity index (χ0) is 12.3. The van der Waals surface area contributed by atoms with Crippen molar-refractivity contribution in [3.63, 3.8) is 0 Å². The van der Waals surface area contributed by atoms with Crippen LogP contribution in [-0.2, 0) is 0 Å². The van der Waals surface area contributed by atoms with Gasteiger partial charge in [-0.2, -0.15) is 0 Å². The summed E-state index contributed by atoms with van der Waals surface area (Å²) in [4.78, 5) is 0. The second kappa shape index (κ2) is 5.85. The van der Waals surface area contributed by atoms with Crippen molar-refractivity contribution in [2.75, 3.05) is 7.05 Å². The maximum absolute atomic E-state index is 6.17. The fraction of sp³-hybridized carbons (Fsp3) is 0.143. The Labute approximate surface area is 120 Å². The van der Waals surface area contributed by atoms with Crippen molar-refractivity contribution in [1.29, 1.82) is 0 Å². The van der Waals surface area contributed by atoms with Gasteiger partial charge in [-0.1, -0.05) is 48.0 Å². The first-order valence-electron chi connectivity index (χ1n) is 5.39. The number of hydrogen-bond acceptors (Lipinski definition) is 1. The summed E-state index contributed by atoms with van der Waals surface area (Å²) in [5.41, 5.74) is 2.43. The van der Waals surface area contributed by atoms with Crippen LogP contribution in [0.15, 0.2) is 48.5 Å². The van der Waals surface area contributed by atoms with Gasteiger partial charge in [-0.15, -0.1) is 0 Å². The molecule has 1 unspecified atom stereocenters. The Bertz CT molecular complexity index is 499. The van der Waals surface area contributed by atoms with Crippen molar-refractivity contribution < 1.29 is 0 Å². The monoisotopic (exact) mass is 357 g/mol. The third-order valence-corrected chi connectivity index (χ3v) is 4.27. The van der Waals surface area contributed by atoms with Gasteiger partial charge in [-0.05, 0) is 52.9 Å². The first kappa shape index (κ1) is 12.9. The highest BCUT2D eigenvalue weighted by atomic mass is 127. The molecule has 2 aromatic carbocycles. The fourth-order valence-corrected chi connectivity index (χ4v) is 2.39. The van der Waals surface area contributed by atoms with Crippen molar-refractivity contribution in [1.82, 2.24) is 5.32 Å². The van der Waals surface area contributed by atoms with Gasteiger partial charge in [0.2, 0.25) is 0 Å². The normalized spacial score (nSPS) is 12.4. The number of halogens is 2. The van der Waals surface area contributed by atoms with E-state index in [2.05, 4.69) is 46.1 Å². The molecule has 2 rings (SSSR count). The lowest BCUT2D eigenvalue weighted by molar-refractivity contribution is 0.692. The maximum atomic E-state index is 6.17. The van der Waals surface area contributed by atoms with E-state index >= 15 is 0 Å². The summed E-state index contributed by atoms with van der Waals surface area (Å²) in [6.07, 6.45) is 0. The molecule has 0 aliphatic rings. The van der Waals surface area contributed by atoms with E-state index in [-0.39, 0.29) is 6.04 Å². The van der Waals surface area contributed by atoms with Crippen molar-refractivity contribution >= 4 is 34.2 Å². The predicted molar refractivity (Wildman–Crippen MR) is 81.5 cm³/mol. The number of rotatable bonds is 3. The summed E-state index contributed by atoms with van der Waals surface area (Å²) in [6.45, 7) is 0. The Kier molecular flexibility index (Phi) is 4.42. The molecule has 1 N–H and O–H groups in total. The molecular formula is C14H13ClIN. The number of nitrogens with one attached hydrogen (secondary N) is 1. The van der Waals surface area contributed by atoms with Crippen molar-refractivity contribution in [2.45, 2.75) is 6.04 Å². The minimum absolute atomic E-state index is 0.186. The molecule has 3 heteroatoms. The molecule has 0 heterocycles. The van der Waals surface area contributed by atoms with E-state index < -0.39 is 0 Å². The second-order valence-corrected chi connectivity index (χ2v) is 5.38. The smallest absolute Gasteiger partial charge is 0.0574 e. The molecule has 0 saturated carbocycles. The summed E-state index contributed by atoms with van der Waals surface area (Å²) >= 11 is 8.41. The van der Waals surface area contributed by atoms with Crippen LogP contribution in [0.1, 0.15) is 17.2 Å². The molecule has 0 aromatic heterocycles. The van der Waals surface area contributed by atoms with Gasteiger partial charge in [0.15, 0.2) is 0 Å². The van der Waals surface area contributed by atoms with Gasteiger partial charge in [-0.25, -0.2) is 0 Å². The molecular weight excluding hydrogens is 345 g/mol. The van der Waals surface area contributed by atoms with E-state index in [0.717, 1.165) is 8.59 Å². The van der Waals surface area contributed by atoms with Crippen LogP contribution in [0.4, 0.5) is 0 Å². The Morgan fingerprint density at radius 3 is 2.35 bits per heavy atom. The van der Waals surface area contributed by atoms with Gasteiger partial charge in [0, 0.05) is 3.57 Å². The minimum atomic E-state index is 0.186. The van der Waals surface area contributed by atoms with E-state index in [1.807, 2.05) is 37.4 Å².